The van der Waals surface area contributed by atoms with Crippen LogP contribution in [0.1, 0.15) is 30.9 Å². The van der Waals surface area contributed by atoms with Crippen molar-refractivity contribution in [1.29, 1.82) is 0 Å². The molecule has 0 unspecified atom stereocenters. The number of hydrogen-bond donors (Lipinski definition) is 1. The van der Waals surface area contributed by atoms with Crippen molar-refractivity contribution in [2.24, 2.45) is 0 Å². The summed E-state index contributed by atoms with van der Waals surface area (Å²) in [5.41, 5.74) is 3.04. The van der Waals surface area contributed by atoms with Gasteiger partial charge in [0, 0.05) is 0 Å². The Morgan fingerprint density at radius 1 is 1.07 bits per heavy atom. The van der Waals surface area contributed by atoms with E-state index in [0.29, 0.717) is 0 Å². The smallest absolute Gasteiger partial charge is 0.00113 e. The van der Waals surface area contributed by atoms with Gasteiger partial charge < -0.3 is 5.32 Å². The first kappa shape index (κ1) is 11.3. The maximum absolute atomic E-state index is 3.20. The molecule has 1 rings (SSSR count). The fourth-order valence-corrected chi connectivity index (χ4v) is 1.67. The van der Waals surface area contributed by atoms with Crippen LogP contribution in [0.15, 0.2) is 24.3 Å². The molecule has 78 valence electrons. The van der Waals surface area contributed by atoms with Crippen molar-refractivity contribution in [3.05, 3.63) is 35.4 Å². The van der Waals surface area contributed by atoms with Gasteiger partial charge in [0.05, 0.1) is 0 Å². The van der Waals surface area contributed by atoms with Gasteiger partial charge in [-0.3, -0.25) is 0 Å². The fraction of sp³-hybridized carbons (Fsp3) is 0.538. The van der Waals surface area contributed by atoms with Crippen molar-refractivity contribution in [3.8, 4) is 0 Å². The zero-order valence-electron chi connectivity index (χ0n) is 9.34. The second-order valence-corrected chi connectivity index (χ2v) is 3.73. The van der Waals surface area contributed by atoms with Crippen LogP contribution in [0.5, 0.6) is 0 Å². The predicted octanol–water partition coefficient (Wildman–Crippen LogP) is 2.79. The minimum Gasteiger partial charge on any atom is -0.319 e. The Labute approximate surface area is 87.5 Å². The van der Waals surface area contributed by atoms with E-state index in [2.05, 4.69) is 36.5 Å². The van der Waals surface area contributed by atoms with E-state index in [4.69, 9.17) is 0 Å². The number of benzene rings is 1. The van der Waals surface area contributed by atoms with Crippen molar-refractivity contribution in [2.45, 2.75) is 32.6 Å². The zero-order valence-corrected chi connectivity index (χ0v) is 9.34. The van der Waals surface area contributed by atoms with E-state index in [1.54, 1.807) is 0 Å². The highest BCUT2D eigenvalue weighted by atomic mass is 14.8. The molecular formula is C13H21N. The third-order valence-electron chi connectivity index (χ3n) is 2.56. The minimum absolute atomic E-state index is 1.07. The molecule has 0 radical (unpaired) electrons. The summed E-state index contributed by atoms with van der Waals surface area (Å²) in [6.07, 6.45) is 4.96. The maximum atomic E-state index is 3.20. The van der Waals surface area contributed by atoms with Gasteiger partial charge in [-0.2, -0.15) is 0 Å². The van der Waals surface area contributed by atoms with Crippen molar-refractivity contribution in [3.63, 3.8) is 0 Å². The molecule has 0 aliphatic heterocycles. The van der Waals surface area contributed by atoms with Crippen molar-refractivity contribution < 1.29 is 0 Å². The Hall–Kier alpha value is -0.820. The van der Waals surface area contributed by atoms with E-state index in [9.17, 15) is 0 Å². The molecule has 0 aromatic heterocycles. The molecule has 0 atom stereocenters. The largest absolute Gasteiger partial charge is 0.319 e. The lowest BCUT2D eigenvalue weighted by molar-refractivity contribution is 0.759. The number of hydrogen-bond acceptors (Lipinski definition) is 1. The third kappa shape index (κ3) is 3.51. The highest BCUT2D eigenvalue weighted by molar-refractivity contribution is 5.27. The van der Waals surface area contributed by atoms with Gasteiger partial charge in [-0.25, -0.2) is 0 Å². The van der Waals surface area contributed by atoms with Crippen LogP contribution in [-0.2, 0) is 12.8 Å². The van der Waals surface area contributed by atoms with Gasteiger partial charge in [-0.15, -0.1) is 0 Å². The number of nitrogens with one attached hydrogen (secondary N) is 1. The first-order valence-corrected chi connectivity index (χ1v) is 5.60. The maximum Gasteiger partial charge on any atom is -0.00113 e. The fourth-order valence-electron chi connectivity index (χ4n) is 1.67. The van der Waals surface area contributed by atoms with Gasteiger partial charge in [-0.1, -0.05) is 37.6 Å². The minimum atomic E-state index is 1.07. The molecule has 0 aliphatic carbocycles. The molecule has 0 saturated heterocycles. The molecule has 0 amide bonds. The lowest BCUT2D eigenvalue weighted by atomic mass is 10.00. The standard InChI is InChI=1S/C13H21N/c1-3-4-7-12-8-5-6-9-13(12)10-11-14-2/h5-6,8-9,14H,3-4,7,10-11H2,1-2H3. The first-order chi connectivity index (χ1) is 6.88. The average Bonchev–Trinajstić information content (AvgIpc) is 2.24. The number of aryl methyl sites for hydroxylation is 1. The van der Waals surface area contributed by atoms with Gasteiger partial charge in [0.2, 0.25) is 0 Å². The van der Waals surface area contributed by atoms with Gasteiger partial charge in [-0.05, 0) is 44.0 Å². The summed E-state index contributed by atoms with van der Waals surface area (Å²) in [6.45, 7) is 3.32. The third-order valence-corrected chi connectivity index (χ3v) is 2.56. The van der Waals surface area contributed by atoms with E-state index in [1.165, 1.54) is 30.4 Å². The predicted molar refractivity (Wildman–Crippen MR) is 62.7 cm³/mol. The summed E-state index contributed by atoms with van der Waals surface area (Å²) < 4.78 is 0. The molecule has 0 aliphatic rings. The molecule has 0 saturated carbocycles. The van der Waals surface area contributed by atoms with E-state index in [-0.39, 0.29) is 0 Å². The summed E-state index contributed by atoms with van der Waals surface area (Å²) in [5, 5.41) is 3.20. The summed E-state index contributed by atoms with van der Waals surface area (Å²) in [6, 6.07) is 8.80. The van der Waals surface area contributed by atoms with Gasteiger partial charge in [0.1, 0.15) is 0 Å². The van der Waals surface area contributed by atoms with E-state index in [0.717, 1.165) is 13.0 Å². The summed E-state index contributed by atoms with van der Waals surface area (Å²) in [5.74, 6) is 0. The number of rotatable bonds is 6. The van der Waals surface area contributed by atoms with Crippen LogP contribution in [-0.4, -0.2) is 13.6 Å². The van der Waals surface area contributed by atoms with Crippen LogP contribution in [0.2, 0.25) is 0 Å². The SMILES string of the molecule is CCCCc1ccccc1CCNC. The molecule has 0 bridgehead atoms. The molecular weight excluding hydrogens is 170 g/mol. The van der Waals surface area contributed by atoms with Crippen LogP contribution in [0.3, 0.4) is 0 Å². The Kier molecular flexibility index (Phi) is 5.31. The lowest BCUT2D eigenvalue weighted by Crippen LogP contribution is -2.11. The van der Waals surface area contributed by atoms with Gasteiger partial charge >= 0.3 is 0 Å². The van der Waals surface area contributed by atoms with E-state index < -0.39 is 0 Å². The topological polar surface area (TPSA) is 12.0 Å². The van der Waals surface area contributed by atoms with Crippen molar-refractivity contribution >= 4 is 0 Å². The van der Waals surface area contributed by atoms with Crippen molar-refractivity contribution in [2.75, 3.05) is 13.6 Å². The monoisotopic (exact) mass is 191 g/mol. The molecule has 0 heterocycles. The highest BCUT2D eigenvalue weighted by Crippen LogP contribution is 2.12. The van der Waals surface area contributed by atoms with E-state index in [1.807, 2.05) is 7.05 Å². The quantitative estimate of drug-likeness (QED) is 0.729. The molecule has 1 N–H and O–H groups in total. The Bertz CT molecular complexity index is 228. The molecule has 0 fully saturated rings. The molecule has 1 heteroatoms. The molecule has 1 aromatic rings. The second-order valence-electron chi connectivity index (χ2n) is 3.73. The van der Waals surface area contributed by atoms with Crippen molar-refractivity contribution in [1.82, 2.24) is 5.32 Å². The Balaban J connectivity index is 2.60. The lowest BCUT2D eigenvalue weighted by Gasteiger charge is -2.08. The van der Waals surface area contributed by atoms with Crippen LogP contribution >= 0.6 is 0 Å². The molecule has 1 nitrogen and oxygen atoms in total. The van der Waals surface area contributed by atoms with Crippen LogP contribution in [0.25, 0.3) is 0 Å². The first-order valence-electron chi connectivity index (χ1n) is 5.60. The highest BCUT2D eigenvalue weighted by Gasteiger charge is 1.99. The molecule has 14 heavy (non-hydrogen) atoms. The Morgan fingerprint density at radius 2 is 1.71 bits per heavy atom. The summed E-state index contributed by atoms with van der Waals surface area (Å²) in [4.78, 5) is 0. The van der Waals surface area contributed by atoms with Crippen LogP contribution in [0, 0.1) is 0 Å². The normalized spacial score (nSPS) is 10.4. The molecule has 1 aromatic carbocycles. The summed E-state index contributed by atoms with van der Waals surface area (Å²) in [7, 11) is 2.01. The number of likely N-dealkylation sites (N-methyl/N-ethyl adjacent to an activating group) is 1. The zero-order chi connectivity index (χ0) is 10.2. The number of unbranched alkanes of at least 4 members (excludes halogenated alkanes) is 1. The van der Waals surface area contributed by atoms with E-state index >= 15 is 0 Å². The second kappa shape index (κ2) is 6.61. The van der Waals surface area contributed by atoms with Gasteiger partial charge in [0.15, 0.2) is 0 Å². The summed E-state index contributed by atoms with van der Waals surface area (Å²) >= 11 is 0. The van der Waals surface area contributed by atoms with Crippen LogP contribution in [0.4, 0.5) is 0 Å². The molecule has 0 spiro atoms. The van der Waals surface area contributed by atoms with Gasteiger partial charge in [0.25, 0.3) is 0 Å². The Morgan fingerprint density at radius 3 is 2.29 bits per heavy atom. The van der Waals surface area contributed by atoms with Crippen LogP contribution < -0.4 is 5.32 Å². The average molecular weight is 191 g/mol.